The van der Waals surface area contributed by atoms with E-state index in [2.05, 4.69) is 5.92 Å². The van der Waals surface area contributed by atoms with Crippen LogP contribution in [-0.2, 0) is 12.8 Å². The van der Waals surface area contributed by atoms with Crippen molar-refractivity contribution in [3.05, 3.63) is 29.3 Å². The Balaban J connectivity index is 2.99. The van der Waals surface area contributed by atoms with E-state index >= 15 is 0 Å². The van der Waals surface area contributed by atoms with E-state index in [9.17, 15) is 13.2 Å². The summed E-state index contributed by atoms with van der Waals surface area (Å²) in [7, 11) is 0. The molecule has 92 valence electrons. The normalized spacial score (nSPS) is 11.0. The lowest BCUT2D eigenvalue weighted by Crippen LogP contribution is -2.10. The number of aliphatic hydroxyl groups is 1. The van der Waals surface area contributed by atoms with Crippen molar-refractivity contribution in [3.63, 3.8) is 0 Å². The lowest BCUT2D eigenvalue weighted by molar-refractivity contribution is -0.139. The van der Waals surface area contributed by atoms with Crippen LogP contribution >= 0.6 is 0 Å². The third-order valence-corrected chi connectivity index (χ3v) is 2.04. The molecule has 0 fully saturated rings. The molecule has 0 radical (unpaired) electrons. The molecule has 2 nitrogen and oxygen atoms in total. The van der Waals surface area contributed by atoms with Gasteiger partial charge in [-0.25, -0.2) is 0 Å². The molecule has 1 N–H and O–H groups in total. The molecule has 0 amide bonds. The molecule has 0 atom stereocenters. The van der Waals surface area contributed by atoms with Crippen LogP contribution in [-0.4, -0.2) is 11.7 Å². The number of aliphatic hydroxyl groups excluding tert-OH is 1. The van der Waals surface area contributed by atoms with Gasteiger partial charge in [-0.2, -0.15) is 13.2 Å². The lowest BCUT2D eigenvalue weighted by atomic mass is 10.1. The first-order chi connectivity index (χ1) is 7.99. The van der Waals surface area contributed by atoms with Crippen molar-refractivity contribution >= 4 is 0 Å². The van der Waals surface area contributed by atoms with Crippen molar-refractivity contribution in [2.75, 3.05) is 6.61 Å². The summed E-state index contributed by atoms with van der Waals surface area (Å²) < 4.78 is 43.0. The van der Waals surface area contributed by atoms with Gasteiger partial charge in [-0.05, 0) is 17.7 Å². The molecule has 0 aromatic heterocycles. The van der Waals surface area contributed by atoms with E-state index < -0.39 is 18.3 Å². The average molecular weight is 244 g/mol. The van der Waals surface area contributed by atoms with Crippen molar-refractivity contribution in [2.45, 2.75) is 19.2 Å². The van der Waals surface area contributed by atoms with Gasteiger partial charge in [-0.1, -0.05) is 6.07 Å². The Morgan fingerprint density at radius 2 is 2.06 bits per heavy atom. The first kappa shape index (κ1) is 13.4. The van der Waals surface area contributed by atoms with Gasteiger partial charge in [-0.3, -0.25) is 0 Å². The molecule has 1 rings (SSSR count). The molecule has 1 aromatic rings. The predicted molar refractivity (Wildman–Crippen MR) is 56.3 cm³/mol. The number of terminal acetylenes is 1. The van der Waals surface area contributed by atoms with Crippen LogP contribution in [0.1, 0.15) is 17.5 Å². The van der Waals surface area contributed by atoms with Crippen LogP contribution in [0.2, 0.25) is 0 Å². The van der Waals surface area contributed by atoms with Crippen molar-refractivity contribution in [1.82, 2.24) is 0 Å². The zero-order valence-corrected chi connectivity index (χ0v) is 8.92. The van der Waals surface area contributed by atoms with E-state index in [-0.39, 0.29) is 24.3 Å². The number of hydrogen-bond donors (Lipinski definition) is 1. The molecule has 0 saturated carbocycles. The van der Waals surface area contributed by atoms with E-state index in [1.54, 1.807) is 0 Å². The number of halogens is 3. The van der Waals surface area contributed by atoms with Crippen LogP contribution < -0.4 is 4.74 Å². The fraction of sp³-hybridized carbons (Fsp3) is 0.333. The number of alkyl halides is 3. The Morgan fingerprint density at radius 1 is 1.35 bits per heavy atom. The maximum Gasteiger partial charge on any atom is 0.419 e. The van der Waals surface area contributed by atoms with Crippen molar-refractivity contribution in [1.29, 1.82) is 0 Å². The predicted octanol–water partition coefficient (Wildman–Crippen LogP) is 2.60. The minimum absolute atomic E-state index is 0.0258. The zero-order valence-electron chi connectivity index (χ0n) is 8.92. The monoisotopic (exact) mass is 244 g/mol. The second-order valence-corrected chi connectivity index (χ2v) is 3.29. The number of ether oxygens (including phenoxy) is 1. The SMILES string of the molecule is C#CCCOc1ccc(CO)cc1C(F)(F)F. The third-order valence-electron chi connectivity index (χ3n) is 2.04. The highest BCUT2D eigenvalue weighted by Gasteiger charge is 2.34. The molecular weight excluding hydrogens is 233 g/mol. The summed E-state index contributed by atoms with van der Waals surface area (Å²) in [5.41, 5.74) is -0.720. The van der Waals surface area contributed by atoms with Crippen molar-refractivity contribution in [3.8, 4) is 18.1 Å². The van der Waals surface area contributed by atoms with Crippen LogP contribution in [0.15, 0.2) is 18.2 Å². The van der Waals surface area contributed by atoms with Gasteiger partial charge >= 0.3 is 6.18 Å². The van der Waals surface area contributed by atoms with Gasteiger partial charge in [0.15, 0.2) is 0 Å². The van der Waals surface area contributed by atoms with Crippen LogP contribution in [0.3, 0.4) is 0 Å². The fourth-order valence-corrected chi connectivity index (χ4v) is 1.24. The largest absolute Gasteiger partial charge is 0.492 e. The zero-order chi connectivity index (χ0) is 12.9. The van der Waals surface area contributed by atoms with Gasteiger partial charge in [0, 0.05) is 6.42 Å². The van der Waals surface area contributed by atoms with Gasteiger partial charge in [0.2, 0.25) is 0 Å². The molecule has 0 spiro atoms. The third kappa shape index (κ3) is 3.68. The summed E-state index contributed by atoms with van der Waals surface area (Å²) >= 11 is 0. The van der Waals surface area contributed by atoms with Gasteiger partial charge in [0.25, 0.3) is 0 Å². The van der Waals surface area contributed by atoms with Crippen molar-refractivity contribution < 1.29 is 23.0 Å². The van der Waals surface area contributed by atoms with Gasteiger partial charge < -0.3 is 9.84 Å². The quantitative estimate of drug-likeness (QED) is 0.651. The minimum Gasteiger partial charge on any atom is -0.492 e. The highest BCUT2D eigenvalue weighted by molar-refractivity contribution is 5.39. The van der Waals surface area contributed by atoms with E-state index in [0.29, 0.717) is 0 Å². The average Bonchev–Trinajstić information content (AvgIpc) is 2.28. The highest BCUT2D eigenvalue weighted by atomic mass is 19.4. The molecular formula is C12H11F3O2. The molecule has 0 saturated heterocycles. The lowest BCUT2D eigenvalue weighted by Gasteiger charge is -2.14. The summed E-state index contributed by atoms with van der Waals surface area (Å²) in [6, 6.07) is 3.43. The summed E-state index contributed by atoms with van der Waals surface area (Å²) in [6.45, 7) is -0.425. The minimum atomic E-state index is -4.52. The summed E-state index contributed by atoms with van der Waals surface area (Å²) in [6.07, 6.45) is 0.695. The molecule has 0 bridgehead atoms. The Kier molecular flexibility index (Phi) is 4.41. The molecule has 1 aromatic carbocycles. The molecule has 0 heterocycles. The molecule has 5 heteroatoms. The number of benzene rings is 1. The topological polar surface area (TPSA) is 29.5 Å². The molecule has 17 heavy (non-hydrogen) atoms. The first-order valence-electron chi connectivity index (χ1n) is 4.86. The van der Waals surface area contributed by atoms with Gasteiger partial charge in [0.05, 0.1) is 18.8 Å². The van der Waals surface area contributed by atoms with Crippen LogP contribution in [0.5, 0.6) is 5.75 Å². The summed E-state index contributed by atoms with van der Waals surface area (Å²) in [5.74, 6) is 2.00. The molecule has 0 aliphatic rings. The standard InChI is InChI=1S/C12H11F3O2/c1-2-3-6-17-11-5-4-9(8-16)7-10(11)12(13,14)15/h1,4-5,7,16H,3,6,8H2. The Bertz CT molecular complexity index is 419. The van der Waals surface area contributed by atoms with E-state index in [4.69, 9.17) is 16.3 Å². The molecule has 0 aliphatic carbocycles. The van der Waals surface area contributed by atoms with E-state index in [0.717, 1.165) is 6.07 Å². The summed E-state index contributed by atoms with van der Waals surface area (Å²) in [4.78, 5) is 0. The number of hydrogen-bond acceptors (Lipinski definition) is 2. The second-order valence-electron chi connectivity index (χ2n) is 3.29. The summed E-state index contributed by atoms with van der Waals surface area (Å²) in [5, 5.41) is 8.80. The Hall–Kier alpha value is -1.67. The maximum absolute atomic E-state index is 12.7. The number of rotatable bonds is 4. The van der Waals surface area contributed by atoms with E-state index in [1.165, 1.54) is 12.1 Å². The fourth-order valence-electron chi connectivity index (χ4n) is 1.24. The highest BCUT2D eigenvalue weighted by Crippen LogP contribution is 2.36. The first-order valence-corrected chi connectivity index (χ1v) is 4.86. The van der Waals surface area contributed by atoms with E-state index in [1.807, 2.05) is 0 Å². The second kappa shape index (κ2) is 5.60. The smallest absolute Gasteiger partial charge is 0.419 e. The Morgan fingerprint density at radius 3 is 2.59 bits per heavy atom. The molecule has 0 unspecified atom stereocenters. The Labute approximate surface area is 97.0 Å². The van der Waals surface area contributed by atoms with Crippen LogP contribution in [0.4, 0.5) is 13.2 Å². The molecule has 0 aliphatic heterocycles. The van der Waals surface area contributed by atoms with Gasteiger partial charge in [0.1, 0.15) is 5.75 Å². The van der Waals surface area contributed by atoms with Crippen LogP contribution in [0, 0.1) is 12.3 Å². The van der Waals surface area contributed by atoms with Crippen LogP contribution in [0.25, 0.3) is 0 Å². The van der Waals surface area contributed by atoms with Gasteiger partial charge in [-0.15, -0.1) is 12.3 Å². The van der Waals surface area contributed by atoms with Crippen molar-refractivity contribution in [2.24, 2.45) is 0 Å². The maximum atomic E-state index is 12.7.